The summed E-state index contributed by atoms with van der Waals surface area (Å²) < 4.78 is 44.5. The monoisotopic (exact) mass is 248 g/mol. The van der Waals surface area contributed by atoms with Crippen LogP contribution in [0.15, 0.2) is 18.2 Å². The quantitative estimate of drug-likeness (QED) is 0.609. The van der Waals surface area contributed by atoms with Crippen molar-refractivity contribution in [1.82, 2.24) is 0 Å². The molecule has 17 heavy (non-hydrogen) atoms. The van der Waals surface area contributed by atoms with Crippen LogP contribution in [-0.2, 0) is 11.2 Å². The summed E-state index contributed by atoms with van der Waals surface area (Å²) in [7, 11) is 0. The second kappa shape index (κ2) is 5.07. The highest BCUT2D eigenvalue weighted by atomic mass is 19.4. The minimum absolute atomic E-state index is 0.245. The van der Waals surface area contributed by atoms with Gasteiger partial charge in [-0.3, -0.25) is 4.79 Å². The number of benzene rings is 1. The molecular formula is C11H11F3O3. The number of halogens is 3. The number of alkyl halides is 3. The van der Waals surface area contributed by atoms with Crippen LogP contribution in [0.3, 0.4) is 0 Å². The Balaban J connectivity index is 2.96. The van der Waals surface area contributed by atoms with Crippen LogP contribution < -0.4 is 9.47 Å². The molecule has 0 atom stereocenters. The first-order chi connectivity index (χ1) is 7.81. The Kier molecular flexibility index (Phi) is 3.98. The molecule has 0 unspecified atom stereocenters. The van der Waals surface area contributed by atoms with Gasteiger partial charge in [-0.05, 0) is 30.2 Å². The fourth-order valence-electron chi connectivity index (χ4n) is 1.28. The van der Waals surface area contributed by atoms with Gasteiger partial charge in [-0.1, -0.05) is 6.92 Å². The van der Waals surface area contributed by atoms with E-state index in [2.05, 4.69) is 4.74 Å². The molecule has 3 nitrogen and oxygen atoms in total. The maximum atomic E-state index is 12.0. The van der Waals surface area contributed by atoms with Gasteiger partial charge in [0.15, 0.2) is 0 Å². The van der Waals surface area contributed by atoms with Crippen molar-refractivity contribution in [3.8, 4) is 11.5 Å². The standard InChI is InChI=1S/C11H11F3O3/c1-3-8-6-9(17-11(12,13)14)4-5-10(8)16-7(2)15/h4-6H,3H2,1-2H3. The highest BCUT2D eigenvalue weighted by Gasteiger charge is 2.31. The normalized spacial score (nSPS) is 11.1. The Morgan fingerprint density at radius 3 is 2.47 bits per heavy atom. The fraction of sp³-hybridized carbons (Fsp3) is 0.364. The van der Waals surface area contributed by atoms with Gasteiger partial charge in [-0.2, -0.15) is 0 Å². The predicted octanol–water partition coefficient (Wildman–Crippen LogP) is 3.07. The van der Waals surface area contributed by atoms with Gasteiger partial charge >= 0.3 is 12.3 Å². The van der Waals surface area contributed by atoms with Gasteiger partial charge in [-0.25, -0.2) is 0 Å². The third-order valence-electron chi connectivity index (χ3n) is 1.90. The van der Waals surface area contributed by atoms with Crippen molar-refractivity contribution in [3.63, 3.8) is 0 Å². The zero-order valence-corrected chi connectivity index (χ0v) is 9.30. The molecule has 0 radical (unpaired) electrons. The fourth-order valence-corrected chi connectivity index (χ4v) is 1.28. The van der Waals surface area contributed by atoms with Gasteiger partial charge in [0.1, 0.15) is 11.5 Å². The van der Waals surface area contributed by atoms with E-state index in [-0.39, 0.29) is 11.5 Å². The number of rotatable bonds is 3. The van der Waals surface area contributed by atoms with Gasteiger partial charge in [0.25, 0.3) is 0 Å². The van der Waals surface area contributed by atoms with Crippen LogP contribution in [0.1, 0.15) is 19.4 Å². The Bertz CT molecular complexity index is 413. The third kappa shape index (κ3) is 4.34. The molecule has 0 aliphatic carbocycles. The third-order valence-corrected chi connectivity index (χ3v) is 1.90. The number of hydrogen-bond donors (Lipinski definition) is 0. The molecule has 0 aromatic heterocycles. The summed E-state index contributed by atoms with van der Waals surface area (Å²) in [5.74, 6) is -0.607. The van der Waals surface area contributed by atoms with Crippen LogP contribution in [0.25, 0.3) is 0 Å². The van der Waals surface area contributed by atoms with E-state index in [0.29, 0.717) is 12.0 Å². The summed E-state index contributed by atoms with van der Waals surface area (Å²) in [4.78, 5) is 10.8. The maximum absolute atomic E-state index is 12.0. The Labute approximate surface area is 96.1 Å². The number of aryl methyl sites for hydroxylation is 1. The highest BCUT2D eigenvalue weighted by molar-refractivity contribution is 5.70. The van der Waals surface area contributed by atoms with Crippen molar-refractivity contribution >= 4 is 5.97 Å². The zero-order valence-electron chi connectivity index (χ0n) is 9.30. The van der Waals surface area contributed by atoms with Crippen molar-refractivity contribution in [2.75, 3.05) is 0 Å². The highest BCUT2D eigenvalue weighted by Crippen LogP contribution is 2.28. The summed E-state index contributed by atoms with van der Waals surface area (Å²) in [6, 6.07) is 3.58. The summed E-state index contributed by atoms with van der Waals surface area (Å²) in [5, 5.41) is 0. The lowest BCUT2D eigenvalue weighted by Gasteiger charge is -2.12. The van der Waals surface area contributed by atoms with Crippen molar-refractivity contribution in [2.24, 2.45) is 0 Å². The van der Waals surface area contributed by atoms with Crippen LogP contribution in [-0.4, -0.2) is 12.3 Å². The molecule has 0 amide bonds. The SMILES string of the molecule is CCc1cc(OC(F)(F)F)ccc1OC(C)=O. The van der Waals surface area contributed by atoms with E-state index in [1.165, 1.54) is 19.1 Å². The van der Waals surface area contributed by atoms with Gasteiger partial charge in [0, 0.05) is 6.92 Å². The molecule has 94 valence electrons. The van der Waals surface area contributed by atoms with Gasteiger partial charge in [-0.15, -0.1) is 13.2 Å². The Hall–Kier alpha value is -1.72. The van der Waals surface area contributed by atoms with E-state index in [0.717, 1.165) is 6.07 Å². The molecule has 0 aliphatic heterocycles. The lowest BCUT2D eigenvalue weighted by molar-refractivity contribution is -0.274. The van der Waals surface area contributed by atoms with Crippen molar-refractivity contribution < 1.29 is 27.4 Å². The topological polar surface area (TPSA) is 35.5 Å². The molecule has 0 heterocycles. The minimum atomic E-state index is -4.73. The number of carbonyl (C=O) groups is 1. The summed E-state index contributed by atoms with van der Waals surface area (Å²) in [5.41, 5.74) is 0.474. The van der Waals surface area contributed by atoms with Gasteiger partial charge < -0.3 is 9.47 Å². The molecule has 0 aliphatic rings. The lowest BCUT2D eigenvalue weighted by atomic mass is 10.1. The first-order valence-electron chi connectivity index (χ1n) is 4.89. The first-order valence-corrected chi connectivity index (χ1v) is 4.89. The second-order valence-corrected chi connectivity index (χ2v) is 3.26. The molecule has 0 spiro atoms. The predicted molar refractivity (Wildman–Crippen MR) is 53.8 cm³/mol. The maximum Gasteiger partial charge on any atom is 0.573 e. The molecule has 0 bridgehead atoms. The molecule has 1 aromatic rings. The summed E-state index contributed by atoms with van der Waals surface area (Å²) in [6.45, 7) is 2.96. The largest absolute Gasteiger partial charge is 0.573 e. The molecule has 0 saturated heterocycles. The van der Waals surface area contributed by atoms with Crippen molar-refractivity contribution in [1.29, 1.82) is 0 Å². The van der Waals surface area contributed by atoms with Crippen LogP contribution in [0, 0.1) is 0 Å². The van der Waals surface area contributed by atoms with Gasteiger partial charge in [0.2, 0.25) is 0 Å². The lowest BCUT2D eigenvalue weighted by Crippen LogP contribution is -2.17. The smallest absolute Gasteiger partial charge is 0.426 e. The van der Waals surface area contributed by atoms with Crippen LogP contribution in [0.4, 0.5) is 13.2 Å². The molecule has 0 fully saturated rings. The van der Waals surface area contributed by atoms with Crippen LogP contribution in [0.2, 0.25) is 0 Å². The summed E-state index contributed by atoms with van der Waals surface area (Å²) in [6.07, 6.45) is -4.30. The molecule has 0 N–H and O–H groups in total. The second-order valence-electron chi connectivity index (χ2n) is 3.26. The van der Waals surface area contributed by atoms with E-state index < -0.39 is 12.3 Å². The number of ether oxygens (including phenoxy) is 2. The molecule has 6 heteroatoms. The van der Waals surface area contributed by atoms with E-state index in [9.17, 15) is 18.0 Å². The molecule has 0 saturated carbocycles. The number of hydrogen-bond acceptors (Lipinski definition) is 3. The number of carbonyl (C=O) groups excluding carboxylic acids is 1. The zero-order chi connectivity index (χ0) is 13.1. The molecule has 1 aromatic carbocycles. The van der Waals surface area contributed by atoms with Gasteiger partial charge in [0.05, 0.1) is 0 Å². The van der Waals surface area contributed by atoms with Crippen LogP contribution >= 0.6 is 0 Å². The first kappa shape index (κ1) is 13.3. The Morgan fingerprint density at radius 2 is 2.00 bits per heavy atom. The Morgan fingerprint density at radius 1 is 1.35 bits per heavy atom. The van der Waals surface area contributed by atoms with E-state index in [4.69, 9.17) is 4.74 Å². The van der Waals surface area contributed by atoms with E-state index >= 15 is 0 Å². The van der Waals surface area contributed by atoms with Crippen molar-refractivity contribution in [2.45, 2.75) is 26.6 Å². The van der Waals surface area contributed by atoms with E-state index in [1.807, 2.05) is 0 Å². The van der Waals surface area contributed by atoms with E-state index in [1.54, 1.807) is 6.92 Å². The summed E-state index contributed by atoms with van der Waals surface area (Å²) >= 11 is 0. The number of esters is 1. The molecule has 1 rings (SSSR count). The average Bonchev–Trinajstić information content (AvgIpc) is 2.17. The van der Waals surface area contributed by atoms with Crippen LogP contribution in [0.5, 0.6) is 11.5 Å². The van der Waals surface area contributed by atoms with Crippen molar-refractivity contribution in [3.05, 3.63) is 23.8 Å². The minimum Gasteiger partial charge on any atom is -0.426 e. The molecular weight excluding hydrogens is 237 g/mol. The average molecular weight is 248 g/mol.